The molecule has 0 bridgehead atoms. The molecule has 1 heterocycles. The quantitative estimate of drug-likeness (QED) is 0.133. The number of hydrogen-bond acceptors (Lipinski definition) is 14. The van der Waals surface area contributed by atoms with E-state index in [9.17, 15) is 44.7 Å². The zero-order chi connectivity index (χ0) is 36.7. The summed E-state index contributed by atoms with van der Waals surface area (Å²) in [4.78, 5) is 50.3. The predicted molar refractivity (Wildman–Crippen MR) is 174 cm³/mol. The number of rotatable bonds is 6. The summed E-state index contributed by atoms with van der Waals surface area (Å²) in [7, 11) is 1.32. The number of benzene rings is 3. The average Bonchev–Trinajstić information content (AvgIpc) is 3.07. The topological polar surface area (TPSA) is 255 Å². The first kappa shape index (κ1) is 36.4. The van der Waals surface area contributed by atoms with Crippen molar-refractivity contribution >= 4 is 28.9 Å². The van der Waals surface area contributed by atoms with Gasteiger partial charge in [-0.25, -0.2) is 0 Å². The fraction of sp³-hybridized carbons (Fsp3) is 0.371. The van der Waals surface area contributed by atoms with E-state index in [1.165, 1.54) is 44.4 Å². The smallest absolute Gasteiger partial charge is 0.221 e. The van der Waals surface area contributed by atoms with Gasteiger partial charge in [-0.15, -0.1) is 0 Å². The Morgan fingerprint density at radius 1 is 1.02 bits per heavy atom. The molecule has 1 fully saturated rings. The number of ketones is 3. The fourth-order valence-corrected chi connectivity index (χ4v) is 6.50. The number of amides is 1. The number of aromatic hydroxyl groups is 3. The number of fused-ring (bicyclic) bond motifs is 3. The third kappa shape index (κ3) is 6.66. The summed E-state index contributed by atoms with van der Waals surface area (Å²) >= 11 is 0. The van der Waals surface area contributed by atoms with E-state index in [1.807, 2.05) is 0 Å². The Kier molecular flexibility index (Phi) is 10.3. The van der Waals surface area contributed by atoms with Gasteiger partial charge in [-0.2, -0.15) is 0 Å². The van der Waals surface area contributed by atoms with Crippen molar-refractivity contribution in [3.63, 3.8) is 0 Å². The highest BCUT2D eigenvalue weighted by Crippen LogP contribution is 2.52. The van der Waals surface area contributed by atoms with Crippen LogP contribution in [0.25, 0.3) is 0 Å². The molecule has 3 aliphatic rings. The van der Waals surface area contributed by atoms with Crippen molar-refractivity contribution in [2.24, 2.45) is 5.73 Å². The molecule has 0 aromatic heterocycles. The number of nitrogens with two attached hydrogens (primary N) is 1. The van der Waals surface area contributed by atoms with E-state index in [0.717, 1.165) is 0 Å². The van der Waals surface area contributed by atoms with Crippen LogP contribution in [0, 0.1) is 0 Å². The van der Waals surface area contributed by atoms with Gasteiger partial charge in [0.15, 0.2) is 17.9 Å². The van der Waals surface area contributed by atoms with E-state index in [0.29, 0.717) is 5.69 Å². The van der Waals surface area contributed by atoms with Crippen LogP contribution in [0.2, 0.25) is 0 Å². The van der Waals surface area contributed by atoms with E-state index < -0.39 is 95.7 Å². The third-order valence-electron chi connectivity index (χ3n) is 8.99. The van der Waals surface area contributed by atoms with Crippen molar-refractivity contribution in [1.82, 2.24) is 0 Å². The normalized spacial score (nSPS) is 25.3. The second-order valence-electron chi connectivity index (χ2n) is 12.4. The fourth-order valence-electron chi connectivity index (χ4n) is 6.50. The van der Waals surface area contributed by atoms with Gasteiger partial charge in [0.1, 0.15) is 35.2 Å². The first-order valence-electron chi connectivity index (χ1n) is 15.7. The van der Waals surface area contributed by atoms with E-state index >= 15 is 0 Å². The highest BCUT2D eigenvalue weighted by molar-refractivity contribution is 6.31. The van der Waals surface area contributed by atoms with E-state index in [1.54, 1.807) is 19.1 Å². The maximum Gasteiger partial charge on any atom is 0.221 e. The molecule has 15 heteroatoms. The number of aliphatic hydroxyl groups is 3. The standard InChI is InChI=1S/C27H29NO11.C8H9NO2/c1-10-22(31)13(28)6-17(38-10)39-15-8-27(36,16(30)9-29)7-12-19(15)26(35)21-20(24(12)33)23(32)11-4-3-5-14(37-2)18(11)25(21)34;1-6(10)9-7-2-4-8(11)5-3-7/h3-5,10,13,15,17,22,29,31,33,35-36H,6-9,28H2,1-2H3;2-5,11H,1H3,(H,9,10)/t10?,13?,15-,17?,22?,27-;/m0./s1. The Hall–Kier alpha value is -4.90. The van der Waals surface area contributed by atoms with Gasteiger partial charge < -0.3 is 55.9 Å². The number of aliphatic hydroxyl groups excluding tert-OH is 2. The molecular formula is C35H38N2O13. The Morgan fingerprint density at radius 3 is 2.28 bits per heavy atom. The molecule has 0 spiro atoms. The SMILES string of the molecule is CC(=O)Nc1ccc(O)cc1.COc1cccc2c1C(=O)c1c(O)c3c(c(O)c1C2=O)C[C@@](O)(C(=O)CO)C[C@@H]3OC1CC(N)C(O)C(C)O1. The summed E-state index contributed by atoms with van der Waals surface area (Å²) < 4.78 is 17.0. The minimum atomic E-state index is -2.24. The number of carbonyl (C=O) groups is 4. The van der Waals surface area contributed by atoms with Gasteiger partial charge in [-0.05, 0) is 37.3 Å². The Labute approximate surface area is 285 Å². The summed E-state index contributed by atoms with van der Waals surface area (Å²) in [6.07, 6.45) is -5.12. The number of Topliss-reactive ketones (excluding diaryl/α,β-unsaturated/α-hetero) is 1. The van der Waals surface area contributed by atoms with Crippen LogP contribution in [0.5, 0.6) is 23.0 Å². The van der Waals surface area contributed by atoms with Crippen molar-refractivity contribution in [3.8, 4) is 23.0 Å². The minimum Gasteiger partial charge on any atom is -0.508 e. The molecule has 3 aromatic carbocycles. The summed E-state index contributed by atoms with van der Waals surface area (Å²) in [5.74, 6) is -3.70. The number of phenolic OH excluding ortho intramolecular Hbond substituents is 3. The van der Waals surface area contributed by atoms with Crippen LogP contribution in [-0.4, -0.2) is 97.8 Å². The molecule has 6 atom stereocenters. The Morgan fingerprint density at radius 2 is 1.68 bits per heavy atom. The van der Waals surface area contributed by atoms with Gasteiger partial charge in [0.05, 0.1) is 42.1 Å². The molecule has 15 nitrogen and oxygen atoms in total. The van der Waals surface area contributed by atoms with Crippen LogP contribution in [0.15, 0.2) is 42.5 Å². The van der Waals surface area contributed by atoms with Crippen LogP contribution in [-0.2, 0) is 25.5 Å². The largest absolute Gasteiger partial charge is 0.508 e. The second kappa shape index (κ2) is 14.1. The molecule has 0 radical (unpaired) electrons. The lowest BCUT2D eigenvalue weighted by atomic mass is 9.72. The van der Waals surface area contributed by atoms with E-state index in [2.05, 4.69) is 5.32 Å². The van der Waals surface area contributed by atoms with Gasteiger partial charge in [-0.1, -0.05) is 12.1 Å². The molecule has 6 rings (SSSR count). The van der Waals surface area contributed by atoms with Crippen molar-refractivity contribution in [1.29, 1.82) is 0 Å². The van der Waals surface area contributed by atoms with Crippen LogP contribution >= 0.6 is 0 Å². The van der Waals surface area contributed by atoms with Crippen LogP contribution in [0.4, 0.5) is 5.69 Å². The first-order chi connectivity index (χ1) is 23.6. The lowest BCUT2D eigenvalue weighted by Crippen LogP contribution is -2.53. The van der Waals surface area contributed by atoms with Crippen LogP contribution < -0.4 is 15.8 Å². The Balaban J connectivity index is 0.000000377. The molecule has 266 valence electrons. The molecule has 1 amide bonds. The molecule has 9 N–H and O–H groups in total. The number of anilines is 1. The van der Waals surface area contributed by atoms with Crippen molar-refractivity contribution in [3.05, 3.63) is 75.8 Å². The van der Waals surface area contributed by atoms with Crippen LogP contribution in [0.1, 0.15) is 75.8 Å². The molecule has 1 aliphatic heterocycles. The lowest BCUT2D eigenvalue weighted by Gasteiger charge is -2.42. The zero-order valence-corrected chi connectivity index (χ0v) is 27.4. The molecule has 3 aromatic rings. The van der Waals surface area contributed by atoms with Gasteiger partial charge in [0, 0.05) is 54.6 Å². The lowest BCUT2D eigenvalue weighted by molar-refractivity contribution is -0.247. The summed E-state index contributed by atoms with van der Waals surface area (Å²) in [5, 5.41) is 65.2. The summed E-state index contributed by atoms with van der Waals surface area (Å²) in [6, 6.07) is 9.94. The molecular weight excluding hydrogens is 656 g/mol. The second-order valence-corrected chi connectivity index (χ2v) is 12.4. The average molecular weight is 695 g/mol. The summed E-state index contributed by atoms with van der Waals surface area (Å²) in [5.41, 5.74) is 3.06. The Bertz CT molecular complexity index is 1830. The van der Waals surface area contributed by atoms with Gasteiger partial charge in [0.2, 0.25) is 11.7 Å². The number of carbonyl (C=O) groups excluding carboxylic acids is 4. The van der Waals surface area contributed by atoms with E-state index in [4.69, 9.17) is 25.1 Å². The highest BCUT2D eigenvalue weighted by atomic mass is 16.7. The number of methoxy groups -OCH3 is 1. The highest BCUT2D eigenvalue weighted by Gasteiger charge is 2.50. The number of phenols is 3. The third-order valence-corrected chi connectivity index (χ3v) is 8.99. The maximum atomic E-state index is 13.6. The number of hydrogen-bond donors (Lipinski definition) is 8. The van der Waals surface area contributed by atoms with Gasteiger partial charge >= 0.3 is 0 Å². The number of nitrogens with one attached hydrogen (secondary N) is 1. The molecule has 50 heavy (non-hydrogen) atoms. The van der Waals surface area contributed by atoms with Gasteiger partial charge in [-0.3, -0.25) is 19.2 Å². The monoisotopic (exact) mass is 694 g/mol. The summed E-state index contributed by atoms with van der Waals surface area (Å²) in [6.45, 7) is 2.00. The number of ether oxygens (including phenoxy) is 3. The van der Waals surface area contributed by atoms with Crippen molar-refractivity contribution in [2.75, 3.05) is 19.0 Å². The maximum absolute atomic E-state index is 13.6. The molecule has 1 saturated heterocycles. The predicted octanol–water partition coefficient (Wildman–Crippen LogP) is 1.35. The first-order valence-corrected chi connectivity index (χ1v) is 15.7. The molecule has 2 aliphatic carbocycles. The zero-order valence-electron chi connectivity index (χ0n) is 27.4. The van der Waals surface area contributed by atoms with Crippen molar-refractivity contribution < 1.29 is 64.0 Å². The van der Waals surface area contributed by atoms with Gasteiger partial charge in [0.25, 0.3) is 0 Å². The molecule has 4 unspecified atom stereocenters. The molecule has 0 saturated carbocycles. The van der Waals surface area contributed by atoms with Crippen LogP contribution in [0.3, 0.4) is 0 Å². The minimum absolute atomic E-state index is 0.0173. The van der Waals surface area contributed by atoms with Crippen molar-refractivity contribution in [2.45, 2.75) is 69.4 Å². The van der Waals surface area contributed by atoms with E-state index in [-0.39, 0.29) is 46.1 Å².